The van der Waals surface area contributed by atoms with Gasteiger partial charge in [0.15, 0.2) is 5.82 Å². The van der Waals surface area contributed by atoms with Crippen molar-refractivity contribution in [2.24, 2.45) is 0 Å². The molecule has 0 bridgehead atoms. The molecular formula is C19H15N3O4. The molecule has 0 saturated heterocycles. The highest BCUT2D eigenvalue weighted by Crippen LogP contribution is 2.31. The van der Waals surface area contributed by atoms with E-state index in [2.05, 4.69) is 15.5 Å². The highest BCUT2D eigenvalue weighted by atomic mass is 16.5. The Bertz CT molecular complexity index is 981. The molecule has 0 fully saturated rings. The van der Waals surface area contributed by atoms with Crippen LogP contribution in [0, 0.1) is 6.92 Å². The first-order valence-corrected chi connectivity index (χ1v) is 8.10. The molecule has 1 atom stereocenters. The van der Waals surface area contributed by atoms with E-state index < -0.39 is 0 Å². The topological polar surface area (TPSA) is 94.3 Å². The zero-order valence-corrected chi connectivity index (χ0v) is 13.9. The summed E-state index contributed by atoms with van der Waals surface area (Å²) in [6, 6.07) is 14.4. The lowest BCUT2D eigenvalue weighted by Crippen LogP contribution is -2.23. The Balaban J connectivity index is 1.59. The molecule has 0 unspecified atom stereocenters. The third-order valence-corrected chi connectivity index (χ3v) is 4.16. The Morgan fingerprint density at radius 3 is 2.73 bits per heavy atom. The minimum Gasteiger partial charge on any atom is -0.454 e. The molecule has 2 heterocycles. The van der Waals surface area contributed by atoms with Crippen molar-refractivity contribution in [3.8, 4) is 0 Å². The number of esters is 1. The van der Waals surface area contributed by atoms with Crippen molar-refractivity contribution in [3.63, 3.8) is 0 Å². The van der Waals surface area contributed by atoms with Crippen molar-refractivity contribution in [1.29, 1.82) is 0 Å². The van der Waals surface area contributed by atoms with E-state index in [0.29, 0.717) is 23.4 Å². The number of carbonyl (C=O) groups excluding carboxylic acids is 2. The Morgan fingerprint density at radius 2 is 2.00 bits per heavy atom. The van der Waals surface area contributed by atoms with Crippen molar-refractivity contribution < 1.29 is 18.8 Å². The van der Waals surface area contributed by atoms with Crippen molar-refractivity contribution >= 4 is 17.9 Å². The number of aryl methyl sites for hydroxylation is 1. The van der Waals surface area contributed by atoms with Crippen molar-refractivity contribution in [2.75, 3.05) is 5.32 Å². The van der Waals surface area contributed by atoms with E-state index in [-0.39, 0.29) is 24.0 Å². The average Bonchev–Trinajstić information content (AvgIpc) is 3.06. The SMILES string of the molecule is Cc1noc(NC(=O)c2ccc3c(c2)C[C@@H](c2ccccc2)OC3=O)n1. The van der Waals surface area contributed by atoms with E-state index in [1.807, 2.05) is 30.3 Å². The van der Waals surface area contributed by atoms with Crippen LogP contribution in [0.1, 0.15) is 43.8 Å². The number of fused-ring (bicyclic) bond motifs is 1. The maximum absolute atomic E-state index is 12.4. The second-order valence-corrected chi connectivity index (χ2v) is 5.98. The summed E-state index contributed by atoms with van der Waals surface area (Å²) in [7, 11) is 0. The molecule has 1 N–H and O–H groups in total. The molecular weight excluding hydrogens is 334 g/mol. The predicted molar refractivity (Wildman–Crippen MR) is 91.7 cm³/mol. The van der Waals surface area contributed by atoms with Gasteiger partial charge in [0.25, 0.3) is 5.91 Å². The van der Waals surface area contributed by atoms with E-state index in [9.17, 15) is 9.59 Å². The summed E-state index contributed by atoms with van der Waals surface area (Å²) in [6.07, 6.45) is 0.138. The van der Waals surface area contributed by atoms with Crippen LogP contribution >= 0.6 is 0 Å². The third-order valence-electron chi connectivity index (χ3n) is 4.16. The molecule has 2 aromatic carbocycles. The Morgan fingerprint density at radius 1 is 1.19 bits per heavy atom. The van der Waals surface area contributed by atoms with Gasteiger partial charge in [0.1, 0.15) is 6.10 Å². The number of nitrogens with one attached hydrogen (secondary N) is 1. The number of benzene rings is 2. The van der Waals surface area contributed by atoms with Crippen LogP contribution < -0.4 is 5.32 Å². The number of carbonyl (C=O) groups is 2. The van der Waals surface area contributed by atoms with E-state index in [1.165, 1.54) is 0 Å². The Kier molecular flexibility index (Phi) is 3.96. The molecule has 7 nitrogen and oxygen atoms in total. The van der Waals surface area contributed by atoms with E-state index in [4.69, 9.17) is 9.26 Å². The highest BCUT2D eigenvalue weighted by molar-refractivity contribution is 6.04. The first kappa shape index (κ1) is 16.0. The van der Waals surface area contributed by atoms with Crippen LogP contribution in [0.5, 0.6) is 0 Å². The van der Waals surface area contributed by atoms with Gasteiger partial charge in [-0.3, -0.25) is 10.1 Å². The molecule has 130 valence electrons. The highest BCUT2D eigenvalue weighted by Gasteiger charge is 2.28. The fourth-order valence-electron chi connectivity index (χ4n) is 2.91. The van der Waals surface area contributed by atoms with Crippen LogP contribution in [0.3, 0.4) is 0 Å². The molecule has 1 aromatic heterocycles. The fraction of sp³-hybridized carbons (Fsp3) is 0.158. The lowest BCUT2D eigenvalue weighted by atomic mass is 9.93. The zero-order valence-electron chi connectivity index (χ0n) is 13.9. The standard InChI is InChI=1S/C19H15N3O4/c1-11-20-19(26-22-11)21-17(23)13-7-8-15-14(9-13)10-16(25-18(15)24)12-5-3-2-4-6-12/h2-9,16H,10H2,1H3,(H,20,21,22,23)/t16-/m0/s1. The van der Waals surface area contributed by atoms with Gasteiger partial charge in [0, 0.05) is 12.0 Å². The van der Waals surface area contributed by atoms with Crippen LogP contribution in [0.2, 0.25) is 0 Å². The molecule has 1 aliphatic rings. The fourth-order valence-corrected chi connectivity index (χ4v) is 2.91. The van der Waals surface area contributed by atoms with Gasteiger partial charge in [-0.05, 0) is 36.2 Å². The smallest absolute Gasteiger partial charge is 0.339 e. The number of aromatic nitrogens is 2. The van der Waals surface area contributed by atoms with Gasteiger partial charge in [-0.2, -0.15) is 4.98 Å². The molecule has 0 saturated carbocycles. The van der Waals surface area contributed by atoms with Crippen LogP contribution in [0.25, 0.3) is 0 Å². The monoisotopic (exact) mass is 349 g/mol. The van der Waals surface area contributed by atoms with E-state index in [1.54, 1.807) is 25.1 Å². The summed E-state index contributed by atoms with van der Waals surface area (Å²) in [5.74, 6) is -0.342. The Hall–Kier alpha value is -3.48. The summed E-state index contributed by atoms with van der Waals surface area (Å²) in [5, 5.41) is 6.17. The van der Waals surface area contributed by atoms with Gasteiger partial charge in [0.05, 0.1) is 5.56 Å². The van der Waals surface area contributed by atoms with Gasteiger partial charge in [0.2, 0.25) is 0 Å². The van der Waals surface area contributed by atoms with Crippen LogP contribution in [-0.4, -0.2) is 22.0 Å². The number of amides is 1. The molecule has 4 rings (SSSR count). The summed E-state index contributed by atoms with van der Waals surface area (Å²) in [4.78, 5) is 28.6. The number of nitrogens with zero attached hydrogens (tertiary/aromatic N) is 2. The number of ether oxygens (including phenoxy) is 1. The van der Waals surface area contributed by atoms with Crippen LogP contribution in [0.15, 0.2) is 53.1 Å². The Labute approximate surface area is 149 Å². The van der Waals surface area contributed by atoms with Crippen molar-refractivity contribution in [2.45, 2.75) is 19.4 Å². The maximum atomic E-state index is 12.4. The molecule has 1 amide bonds. The van der Waals surface area contributed by atoms with Gasteiger partial charge < -0.3 is 9.26 Å². The summed E-state index contributed by atoms with van der Waals surface area (Å²) in [5.41, 5.74) is 2.57. The normalized spacial score (nSPS) is 15.9. The lowest BCUT2D eigenvalue weighted by Gasteiger charge is -2.25. The van der Waals surface area contributed by atoms with Gasteiger partial charge in [-0.15, -0.1) is 0 Å². The maximum Gasteiger partial charge on any atom is 0.339 e. The molecule has 0 spiro atoms. The molecule has 7 heteroatoms. The number of cyclic esters (lactones) is 1. The molecule has 26 heavy (non-hydrogen) atoms. The zero-order chi connectivity index (χ0) is 18.1. The summed E-state index contributed by atoms with van der Waals surface area (Å²) in [6.45, 7) is 1.66. The van der Waals surface area contributed by atoms with Crippen molar-refractivity contribution in [1.82, 2.24) is 10.1 Å². The number of anilines is 1. The molecule has 0 aliphatic carbocycles. The van der Waals surface area contributed by atoms with Gasteiger partial charge in [-0.1, -0.05) is 35.5 Å². The summed E-state index contributed by atoms with van der Waals surface area (Å²) >= 11 is 0. The number of hydrogen-bond acceptors (Lipinski definition) is 6. The first-order chi connectivity index (χ1) is 12.6. The number of hydrogen-bond donors (Lipinski definition) is 1. The largest absolute Gasteiger partial charge is 0.454 e. The van der Waals surface area contributed by atoms with Gasteiger partial charge in [-0.25, -0.2) is 4.79 Å². The molecule has 3 aromatic rings. The van der Waals surface area contributed by atoms with E-state index in [0.717, 1.165) is 11.1 Å². The van der Waals surface area contributed by atoms with Crippen LogP contribution in [0.4, 0.5) is 6.01 Å². The van der Waals surface area contributed by atoms with Crippen molar-refractivity contribution in [3.05, 3.63) is 76.6 Å². The number of rotatable bonds is 3. The predicted octanol–water partition coefficient (Wildman–Crippen LogP) is 3.08. The first-order valence-electron chi connectivity index (χ1n) is 8.10. The minimum absolute atomic E-state index is 0.0341. The average molecular weight is 349 g/mol. The molecule has 1 aliphatic heterocycles. The lowest BCUT2D eigenvalue weighted by molar-refractivity contribution is 0.0252. The van der Waals surface area contributed by atoms with Crippen LogP contribution in [-0.2, 0) is 11.2 Å². The van der Waals surface area contributed by atoms with E-state index >= 15 is 0 Å². The third kappa shape index (κ3) is 3.06. The second-order valence-electron chi connectivity index (χ2n) is 5.98. The molecule has 0 radical (unpaired) electrons. The minimum atomic E-state index is -0.389. The van der Waals surface area contributed by atoms with Gasteiger partial charge >= 0.3 is 12.0 Å². The quantitative estimate of drug-likeness (QED) is 0.730. The summed E-state index contributed by atoms with van der Waals surface area (Å²) < 4.78 is 10.4. The second kappa shape index (κ2) is 6.44.